The van der Waals surface area contributed by atoms with Gasteiger partial charge in [0.2, 0.25) is 0 Å². The maximum Gasteiger partial charge on any atom is 0.177 e. The monoisotopic (exact) mass is 338 g/mol. The zero-order valence-corrected chi connectivity index (χ0v) is 14.4. The second-order valence-electron chi connectivity index (χ2n) is 7.09. The average molecular weight is 338 g/mol. The van der Waals surface area contributed by atoms with E-state index < -0.39 is 0 Å². The van der Waals surface area contributed by atoms with Crippen LogP contribution < -0.4 is 4.90 Å². The van der Waals surface area contributed by atoms with E-state index in [0.29, 0.717) is 6.04 Å². The van der Waals surface area contributed by atoms with E-state index >= 15 is 0 Å². The Morgan fingerprint density at radius 3 is 2.96 bits per heavy atom. The number of aryl methyl sites for hydroxylation is 1. The third kappa shape index (κ3) is 2.57. The molecule has 0 N–H and O–H groups in total. The van der Waals surface area contributed by atoms with Crippen molar-refractivity contribution in [3.63, 3.8) is 0 Å². The van der Waals surface area contributed by atoms with Crippen LogP contribution in [-0.2, 0) is 13.6 Å². The summed E-state index contributed by atoms with van der Waals surface area (Å²) in [5.41, 5.74) is 2.07. The zero-order valence-electron chi connectivity index (χ0n) is 14.4. The van der Waals surface area contributed by atoms with Crippen LogP contribution in [0.4, 0.5) is 5.82 Å². The topological polar surface area (TPSA) is 67.4 Å². The van der Waals surface area contributed by atoms with E-state index in [2.05, 4.69) is 42.3 Å². The van der Waals surface area contributed by atoms with Crippen molar-refractivity contribution >= 4 is 11.5 Å². The molecule has 0 radical (unpaired) electrons. The molecule has 25 heavy (non-hydrogen) atoms. The Bertz CT molecular complexity index is 884. The van der Waals surface area contributed by atoms with Crippen molar-refractivity contribution < 1.29 is 0 Å². The van der Waals surface area contributed by atoms with Crippen LogP contribution in [0.15, 0.2) is 30.7 Å². The summed E-state index contributed by atoms with van der Waals surface area (Å²) in [4.78, 5) is 5.02. The first-order chi connectivity index (χ1) is 12.3. The standard InChI is InChI=1S/C17H22N8/c1-22-14(4-7-19-22)10-23-8-5-13-6-9-24(11-15(13)23)17-3-2-16-20-18-12-25(16)21-17/h2-4,7,12-13,15H,5-6,8-11H2,1H3. The van der Waals surface area contributed by atoms with Crippen LogP contribution in [0.2, 0.25) is 0 Å². The number of fused-ring (bicyclic) bond motifs is 2. The molecule has 3 aromatic heterocycles. The van der Waals surface area contributed by atoms with Crippen molar-refractivity contribution in [2.24, 2.45) is 13.0 Å². The molecular formula is C17H22N8. The number of nitrogens with zero attached hydrogens (tertiary/aromatic N) is 8. The Hall–Kier alpha value is -2.48. The molecule has 0 bridgehead atoms. The normalized spacial score (nSPS) is 24.1. The summed E-state index contributed by atoms with van der Waals surface area (Å²) in [5.74, 6) is 1.81. The fourth-order valence-electron chi connectivity index (χ4n) is 4.28. The van der Waals surface area contributed by atoms with Crippen LogP contribution >= 0.6 is 0 Å². The number of aromatic nitrogens is 6. The molecule has 2 atom stereocenters. The average Bonchev–Trinajstić information content (AvgIpc) is 3.35. The van der Waals surface area contributed by atoms with Crippen molar-refractivity contribution in [3.05, 3.63) is 36.4 Å². The summed E-state index contributed by atoms with van der Waals surface area (Å²) in [6.45, 7) is 4.25. The number of anilines is 1. The highest BCUT2D eigenvalue weighted by molar-refractivity contribution is 5.45. The van der Waals surface area contributed by atoms with Gasteiger partial charge in [-0.3, -0.25) is 9.58 Å². The Kier molecular flexibility index (Phi) is 3.44. The molecule has 8 heteroatoms. The van der Waals surface area contributed by atoms with Gasteiger partial charge < -0.3 is 4.90 Å². The molecule has 8 nitrogen and oxygen atoms in total. The third-order valence-corrected chi connectivity index (χ3v) is 5.74. The highest BCUT2D eigenvalue weighted by Crippen LogP contribution is 2.34. The summed E-state index contributed by atoms with van der Waals surface area (Å²) in [5, 5.41) is 16.9. The van der Waals surface area contributed by atoms with E-state index in [9.17, 15) is 0 Å². The van der Waals surface area contributed by atoms with Gasteiger partial charge in [-0.15, -0.1) is 15.3 Å². The fraction of sp³-hybridized carbons (Fsp3) is 0.529. The van der Waals surface area contributed by atoms with Gasteiger partial charge in [0.05, 0.1) is 5.69 Å². The van der Waals surface area contributed by atoms with E-state index in [4.69, 9.17) is 0 Å². The SMILES string of the molecule is Cn1nccc1CN1CCC2CCN(c3ccc4nncn4n3)CC21. The second-order valence-corrected chi connectivity index (χ2v) is 7.09. The third-order valence-electron chi connectivity index (χ3n) is 5.74. The summed E-state index contributed by atoms with van der Waals surface area (Å²) < 4.78 is 3.74. The predicted molar refractivity (Wildman–Crippen MR) is 93.1 cm³/mol. The smallest absolute Gasteiger partial charge is 0.177 e. The van der Waals surface area contributed by atoms with E-state index in [0.717, 1.165) is 37.0 Å². The zero-order chi connectivity index (χ0) is 16.8. The van der Waals surface area contributed by atoms with Gasteiger partial charge >= 0.3 is 0 Å². The maximum atomic E-state index is 4.67. The van der Waals surface area contributed by atoms with Crippen molar-refractivity contribution in [3.8, 4) is 0 Å². The molecule has 0 amide bonds. The van der Waals surface area contributed by atoms with Crippen molar-refractivity contribution in [2.45, 2.75) is 25.4 Å². The van der Waals surface area contributed by atoms with Gasteiger partial charge in [-0.1, -0.05) is 0 Å². The molecule has 5 heterocycles. The highest BCUT2D eigenvalue weighted by Gasteiger charge is 2.38. The molecule has 0 saturated carbocycles. The minimum Gasteiger partial charge on any atom is -0.354 e. The molecule has 2 unspecified atom stereocenters. The quantitative estimate of drug-likeness (QED) is 0.709. The number of likely N-dealkylation sites (tertiary alicyclic amines) is 1. The van der Waals surface area contributed by atoms with Gasteiger partial charge in [0.25, 0.3) is 0 Å². The second kappa shape index (κ2) is 5.80. The fourth-order valence-corrected chi connectivity index (χ4v) is 4.28. The molecule has 2 aliphatic heterocycles. The minimum absolute atomic E-state index is 0.585. The minimum atomic E-state index is 0.585. The Morgan fingerprint density at radius 2 is 2.08 bits per heavy atom. The van der Waals surface area contributed by atoms with Gasteiger partial charge in [0, 0.05) is 38.9 Å². The Labute approximate surface area is 146 Å². The number of rotatable bonds is 3. The van der Waals surface area contributed by atoms with Crippen LogP contribution in [0.5, 0.6) is 0 Å². The molecule has 0 spiro atoms. The van der Waals surface area contributed by atoms with Crippen LogP contribution in [0, 0.1) is 5.92 Å². The molecule has 2 saturated heterocycles. The van der Waals surface area contributed by atoms with Gasteiger partial charge in [-0.2, -0.15) is 9.61 Å². The lowest BCUT2D eigenvalue weighted by Crippen LogP contribution is -2.48. The molecule has 2 aliphatic rings. The first kappa shape index (κ1) is 14.8. The van der Waals surface area contributed by atoms with Gasteiger partial charge in [-0.05, 0) is 43.5 Å². The van der Waals surface area contributed by atoms with Gasteiger partial charge in [0.1, 0.15) is 12.1 Å². The number of piperidine rings is 1. The van der Waals surface area contributed by atoms with E-state index in [1.165, 1.54) is 25.1 Å². The van der Waals surface area contributed by atoms with E-state index in [1.54, 1.807) is 10.8 Å². The Balaban J connectivity index is 1.36. The van der Waals surface area contributed by atoms with Crippen molar-refractivity contribution in [1.29, 1.82) is 0 Å². The van der Waals surface area contributed by atoms with Crippen LogP contribution in [0.25, 0.3) is 5.65 Å². The molecule has 0 aliphatic carbocycles. The molecule has 3 aromatic rings. The first-order valence-corrected chi connectivity index (χ1v) is 8.91. The lowest BCUT2D eigenvalue weighted by Gasteiger charge is -2.39. The summed E-state index contributed by atoms with van der Waals surface area (Å²) >= 11 is 0. The number of hydrogen-bond acceptors (Lipinski definition) is 6. The van der Waals surface area contributed by atoms with Crippen LogP contribution in [-0.4, -0.2) is 60.2 Å². The first-order valence-electron chi connectivity index (χ1n) is 8.91. The lowest BCUT2D eigenvalue weighted by atomic mass is 9.92. The largest absolute Gasteiger partial charge is 0.354 e. The maximum absolute atomic E-state index is 4.67. The van der Waals surface area contributed by atoms with Crippen LogP contribution in [0.3, 0.4) is 0 Å². The van der Waals surface area contributed by atoms with E-state index in [-0.39, 0.29) is 0 Å². The molecular weight excluding hydrogens is 316 g/mol. The highest BCUT2D eigenvalue weighted by atomic mass is 15.4. The Morgan fingerprint density at radius 1 is 1.16 bits per heavy atom. The van der Waals surface area contributed by atoms with Gasteiger partial charge in [-0.25, -0.2) is 0 Å². The summed E-state index contributed by atoms with van der Waals surface area (Å²) in [7, 11) is 2.02. The van der Waals surface area contributed by atoms with E-state index in [1.807, 2.05) is 24.0 Å². The van der Waals surface area contributed by atoms with Crippen molar-refractivity contribution in [2.75, 3.05) is 24.5 Å². The summed E-state index contributed by atoms with van der Waals surface area (Å²) in [6, 6.07) is 6.76. The molecule has 0 aromatic carbocycles. The van der Waals surface area contributed by atoms with Crippen LogP contribution in [0.1, 0.15) is 18.5 Å². The van der Waals surface area contributed by atoms with Crippen molar-refractivity contribution in [1.82, 2.24) is 34.5 Å². The lowest BCUT2D eigenvalue weighted by molar-refractivity contribution is 0.196. The summed E-state index contributed by atoms with van der Waals surface area (Å²) in [6.07, 6.45) is 6.08. The molecule has 5 rings (SSSR count). The predicted octanol–water partition coefficient (Wildman–Crippen LogP) is 0.959. The van der Waals surface area contributed by atoms with Gasteiger partial charge in [0.15, 0.2) is 5.65 Å². The molecule has 2 fully saturated rings. The number of hydrogen-bond donors (Lipinski definition) is 0. The molecule has 130 valence electrons.